The first kappa shape index (κ1) is 58.6. The minimum Gasteiger partial charge on any atom is -0.463 e. The van der Waals surface area contributed by atoms with Crippen molar-refractivity contribution in [1.82, 2.24) is 0 Å². The Morgan fingerprint density at radius 3 is 1.59 bits per heavy atom. The highest BCUT2D eigenvalue weighted by atomic mass is 16.7. The van der Waals surface area contributed by atoms with Gasteiger partial charge in [0, 0.05) is 13.0 Å². The zero-order valence-electron chi connectivity index (χ0n) is 41.0. The first-order chi connectivity index (χ1) is 35.7. The molecule has 3 aromatic carbocycles. The Labute approximate surface area is 430 Å². The van der Waals surface area contributed by atoms with E-state index < -0.39 is 160 Å². The molecule has 0 radical (unpaired) electrons. The lowest BCUT2D eigenvalue weighted by Gasteiger charge is -2.44. The van der Waals surface area contributed by atoms with Crippen molar-refractivity contribution in [3.05, 3.63) is 102 Å². The quantitative estimate of drug-likeness (QED) is 0.0316. The molecule has 6 rings (SSSR count). The second-order valence-corrected chi connectivity index (χ2v) is 18.5. The molecule has 0 aliphatic carbocycles. The molecule has 75 heavy (non-hydrogen) atoms. The molecule has 0 saturated carbocycles. The Morgan fingerprint density at radius 1 is 0.600 bits per heavy atom. The van der Waals surface area contributed by atoms with Crippen molar-refractivity contribution in [2.45, 2.75) is 145 Å². The maximum Gasteiger partial charge on any atom is 0.339 e. The maximum absolute atomic E-state index is 14.6. The van der Waals surface area contributed by atoms with E-state index in [0.29, 0.717) is 16.7 Å². The molecule has 0 spiro atoms. The van der Waals surface area contributed by atoms with Crippen LogP contribution in [0.4, 0.5) is 0 Å². The summed E-state index contributed by atoms with van der Waals surface area (Å²) in [6.07, 6.45) is -23.2. The number of esters is 4. The fraction of sp³-hybridized carbons (Fsp3) is 0.529. The van der Waals surface area contributed by atoms with Crippen molar-refractivity contribution in [3.8, 4) is 11.5 Å². The normalized spacial score (nSPS) is 30.7. The van der Waals surface area contributed by atoms with Crippen LogP contribution in [0.25, 0.3) is 6.08 Å². The summed E-state index contributed by atoms with van der Waals surface area (Å²) < 4.78 is 56.5. The molecule has 3 aromatic rings. The van der Waals surface area contributed by atoms with Crippen molar-refractivity contribution in [2.24, 2.45) is 5.92 Å². The highest BCUT2D eigenvalue weighted by Gasteiger charge is 2.54. The van der Waals surface area contributed by atoms with Crippen LogP contribution in [0.2, 0.25) is 0 Å². The van der Waals surface area contributed by atoms with Crippen LogP contribution >= 0.6 is 0 Å². The van der Waals surface area contributed by atoms with E-state index >= 15 is 0 Å². The van der Waals surface area contributed by atoms with Gasteiger partial charge in [0.15, 0.2) is 18.0 Å². The highest BCUT2D eigenvalue weighted by Crippen LogP contribution is 2.36. The average molecular weight is 1060 g/mol. The lowest BCUT2D eigenvalue weighted by Crippen LogP contribution is -2.63. The second-order valence-electron chi connectivity index (χ2n) is 18.5. The topological polar surface area (TPSA) is 363 Å². The van der Waals surface area contributed by atoms with Gasteiger partial charge in [0.1, 0.15) is 98.5 Å². The number of hydrogen-bond donors (Lipinski definition) is 10. The second kappa shape index (κ2) is 26.9. The van der Waals surface area contributed by atoms with Gasteiger partial charge in [-0.05, 0) is 59.4 Å². The van der Waals surface area contributed by atoms with Crippen molar-refractivity contribution >= 4 is 30.0 Å². The first-order valence-electron chi connectivity index (χ1n) is 23.9. The van der Waals surface area contributed by atoms with Crippen LogP contribution < -0.4 is 9.47 Å². The van der Waals surface area contributed by atoms with E-state index in [0.717, 1.165) is 13.0 Å². The third kappa shape index (κ3) is 15.5. The summed E-state index contributed by atoms with van der Waals surface area (Å²) in [5, 5.41) is 104. The predicted octanol–water partition coefficient (Wildman–Crippen LogP) is -1.34. The molecular formula is C51H64O24. The van der Waals surface area contributed by atoms with Gasteiger partial charge < -0.3 is 98.4 Å². The largest absolute Gasteiger partial charge is 0.463 e. The smallest absolute Gasteiger partial charge is 0.339 e. The van der Waals surface area contributed by atoms with Gasteiger partial charge in [0.25, 0.3) is 0 Å². The number of carbonyl (C=O) groups excluding carboxylic acids is 4. The number of benzene rings is 3. The summed E-state index contributed by atoms with van der Waals surface area (Å²) in [7, 11) is 0. The molecule has 24 heteroatoms. The summed E-state index contributed by atoms with van der Waals surface area (Å²) in [4.78, 5) is 53.6. The molecule has 0 aromatic heterocycles. The molecule has 412 valence electrons. The van der Waals surface area contributed by atoms with Crippen LogP contribution in [0.3, 0.4) is 0 Å². The standard InChI is InChI=1S/C51H64O24/c1-26(2)19-51(50(65)68-24-30-11-16-32(17-12-30)70-48-44(63)41(60)39(58)34(22-53)72-48,20-37(56)67-23-29-9-14-31(15-10-29)69-47-43(62)40(59)38(57)33(21-52)71-47)75-49-45(64)42(61)46(35(73-49)25-66-27(3)54)74-36(55)18-13-28-7-5-4-6-8-28/h4-18,26,33-35,38-49,52-53,57-64H,19-25H2,1-3H3/t33-,34-,35-,38-,39-,40+,41+,42-,43-,44-,45-,46-,47-,48-,49+,51-/m1/s1. The Kier molecular flexibility index (Phi) is 21.0. The van der Waals surface area contributed by atoms with Crippen LogP contribution in [-0.2, 0) is 70.3 Å². The average Bonchev–Trinajstić information content (AvgIpc) is 3.39. The molecule has 3 aliphatic rings. The van der Waals surface area contributed by atoms with Gasteiger partial charge in [-0.2, -0.15) is 0 Å². The Morgan fingerprint density at radius 2 is 1.09 bits per heavy atom. The molecule has 3 aliphatic heterocycles. The molecule has 0 unspecified atom stereocenters. The van der Waals surface area contributed by atoms with Gasteiger partial charge in [-0.3, -0.25) is 9.59 Å². The fourth-order valence-corrected chi connectivity index (χ4v) is 8.29. The van der Waals surface area contributed by atoms with Crippen LogP contribution in [0.15, 0.2) is 84.9 Å². The molecule has 10 N–H and O–H groups in total. The van der Waals surface area contributed by atoms with Gasteiger partial charge in [-0.1, -0.05) is 68.4 Å². The van der Waals surface area contributed by atoms with Gasteiger partial charge in [0.2, 0.25) is 12.6 Å². The Balaban J connectivity index is 1.21. The van der Waals surface area contributed by atoms with Crippen LogP contribution in [0.5, 0.6) is 11.5 Å². The van der Waals surface area contributed by atoms with E-state index in [-0.39, 0.29) is 24.5 Å². The van der Waals surface area contributed by atoms with E-state index in [9.17, 15) is 70.2 Å². The lowest BCUT2D eigenvalue weighted by atomic mass is 9.88. The number of hydrogen-bond acceptors (Lipinski definition) is 24. The number of rotatable bonds is 22. The van der Waals surface area contributed by atoms with Crippen molar-refractivity contribution in [1.29, 1.82) is 0 Å². The minimum atomic E-state index is -2.36. The summed E-state index contributed by atoms with van der Waals surface area (Å²) in [5.74, 6) is -4.17. The SMILES string of the molecule is CC(=O)OC[C@H]1O[C@@H](O[C@@](CC(=O)OCc2ccc(O[C@@H]3O[C@H](CO)[C@@H](O)[C@H](O)[C@H]3O)cc2)(CC(C)C)C(=O)OCc2ccc(O[C@@H]3O[C@H](CO)[C@@H](O)[C@H](O)[C@H]3O)cc2)[C@H](O)[C@@H](O)[C@@H]1OC(=O)C=Cc1ccccc1. The zero-order chi connectivity index (χ0) is 54.6. The van der Waals surface area contributed by atoms with Gasteiger partial charge >= 0.3 is 23.9 Å². The maximum atomic E-state index is 14.6. The van der Waals surface area contributed by atoms with E-state index in [1.54, 1.807) is 44.2 Å². The highest BCUT2D eigenvalue weighted by molar-refractivity contribution is 5.87. The molecule has 0 amide bonds. The van der Waals surface area contributed by atoms with Crippen LogP contribution in [-0.4, -0.2) is 192 Å². The lowest BCUT2D eigenvalue weighted by molar-refractivity contribution is -0.328. The molecule has 3 fully saturated rings. The van der Waals surface area contributed by atoms with Gasteiger partial charge in [-0.25, -0.2) is 9.59 Å². The molecule has 3 heterocycles. The van der Waals surface area contributed by atoms with Crippen molar-refractivity contribution in [2.75, 3.05) is 19.8 Å². The Bertz CT molecular complexity index is 2330. The van der Waals surface area contributed by atoms with Gasteiger partial charge in [-0.15, -0.1) is 0 Å². The summed E-state index contributed by atoms with van der Waals surface area (Å²) in [6.45, 7) is 1.64. The number of aliphatic hydroxyl groups excluding tert-OH is 10. The Hall–Kier alpha value is -5.68. The van der Waals surface area contributed by atoms with Gasteiger partial charge in [0.05, 0.1) is 19.6 Å². The third-order valence-corrected chi connectivity index (χ3v) is 12.3. The van der Waals surface area contributed by atoms with E-state index in [1.807, 2.05) is 0 Å². The molecular weight excluding hydrogens is 997 g/mol. The van der Waals surface area contributed by atoms with Crippen molar-refractivity contribution < 1.29 is 118 Å². The number of aliphatic hydroxyl groups is 10. The third-order valence-electron chi connectivity index (χ3n) is 12.3. The zero-order valence-corrected chi connectivity index (χ0v) is 41.0. The number of ether oxygens (including phenoxy) is 10. The van der Waals surface area contributed by atoms with Crippen molar-refractivity contribution in [3.63, 3.8) is 0 Å². The molecule has 3 saturated heterocycles. The molecule has 24 nitrogen and oxygen atoms in total. The molecule has 16 atom stereocenters. The van der Waals surface area contributed by atoms with Crippen LogP contribution in [0.1, 0.15) is 50.3 Å². The van der Waals surface area contributed by atoms with Crippen LogP contribution in [0, 0.1) is 5.92 Å². The summed E-state index contributed by atoms with van der Waals surface area (Å²) in [5.41, 5.74) is -0.980. The monoisotopic (exact) mass is 1060 g/mol. The first-order valence-corrected chi connectivity index (χ1v) is 23.9. The fourth-order valence-electron chi connectivity index (χ4n) is 8.29. The molecule has 0 bridgehead atoms. The minimum absolute atomic E-state index is 0.104. The van der Waals surface area contributed by atoms with E-state index in [1.165, 1.54) is 54.6 Å². The predicted molar refractivity (Wildman–Crippen MR) is 252 cm³/mol. The summed E-state index contributed by atoms with van der Waals surface area (Å²) in [6, 6.07) is 20.2. The number of carbonyl (C=O) groups is 4. The summed E-state index contributed by atoms with van der Waals surface area (Å²) >= 11 is 0. The van der Waals surface area contributed by atoms with E-state index in [4.69, 9.17) is 47.4 Å². The van der Waals surface area contributed by atoms with E-state index in [2.05, 4.69) is 0 Å².